The molecule has 0 radical (unpaired) electrons. The first-order valence-electron chi connectivity index (χ1n) is 3.77. The van der Waals surface area contributed by atoms with Crippen LogP contribution in [0.5, 0.6) is 0 Å². The van der Waals surface area contributed by atoms with Crippen molar-refractivity contribution in [3.63, 3.8) is 0 Å². The average molecular weight is 245 g/mol. The number of carbonyl (C=O) groups excluding carboxylic acids is 1. The molecular formula is C9H6BrFO2. The maximum Gasteiger partial charge on any atom is 0.188 e. The van der Waals surface area contributed by atoms with E-state index >= 15 is 0 Å². The molecule has 0 aromatic heterocycles. The number of hydrogen-bond donors (Lipinski definition) is 0. The fourth-order valence-electron chi connectivity index (χ4n) is 1.32. The highest BCUT2D eigenvalue weighted by Gasteiger charge is 2.21. The number of Topliss-reactive ketones (excluding diaryl/α,β-unsaturated/α-hetero) is 1. The van der Waals surface area contributed by atoms with Crippen LogP contribution < -0.4 is 0 Å². The Bertz CT molecular complexity index is 376. The third-order valence-corrected chi connectivity index (χ3v) is 2.40. The van der Waals surface area contributed by atoms with Gasteiger partial charge >= 0.3 is 0 Å². The fourth-order valence-corrected chi connectivity index (χ4v) is 1.75. The predicted octanol–water partition coefficient (Wildman–Crippen LogP) is 2.30. The lowest BCUT2D eigenvalue weighted by Crippen LogP contribution is -2.19. The molecule has 0 atom stereocenters. The Hall–Kier alpha value is -0.740. The topological polar surface area (TPSA) is 26.3 Å². The van der Waals surface area contributed by atoms with Crippen molar-refractivity contribution in [2.75, 3.05) is 6.61 Å². The van der Waals surface area contributed by atoms with Gasteiger partial charge in [0, 0.05) is 15.6 Å². The molecule has 4 heteroatoms. The summed E-state index contributed by atoms with van der Waals surface area (Å²) in [6.07, 6.45) is 0. The molecule has 2 rings (SSSR count). The van der Waals surface area contributed by atoms with Crippen LogP contribution in [0.2, 0.25) is 0 Å². The van der Waals surface area contributed by atoms with E-state index in [1.807, 2.05) is 0 Å². The van der Waals surface area contributed by atoms with Crippen LogP contribution in [-0.2, 0) is 11.3 Å². The molecule has 0 unspecified atom stereocenters. The summed E-state index contributed by atoms with van der Waals surface area (Å²) in [5.74, 6) is -0.557. The second kappa shape index (κ2) is 3.20. The highest BCUT2D eigenvalue weighted by Crippen LogP contribution is 2.24. The second-order valence-corrected chi connectivity index (χ2v) is 3.75. The Morgan fingerprint density at radius 2 is 2.15 bits per heavy atom. The monoisotopic (exact) mass is 244 g/mol. The van der Waals surface area contributed by atoms with Gasteiger partial charge < -0.3 is 4.74 Å². The van der Waals surface area contributed by atoms with Gasteiger partial charge in [0.15, 0.2) is 5.78 Å². The van der Waals surface area contributed by atoms with Gasteiger partial charge in [0.25, 0.3) is 0 Å². The van der Waals surface area contributed by atoms with Crippen LogP contribution in [0.15, 0.2) is 16.6 Å². The van der Waals surface area contributed by atoms with Gasteiger partial charge in [-0.2, -0.15) is 0 Å². The van der Waals surface area contributed by atoms with Crippen LogP contribution >= 0.6 is 15.9 Å². The summed E-state index contributed by atoms with van der Waals surface area (Å²) < 4.78 is 18.7. The molecule has 13 heavy (non-hydrogen) atoms. The van der Waals surface area contributed by atoms with Crippen molar-refractivity contribution in [1.29, 1.82) is 0 Å². The molecule has 0 N–H and O–H groups in total. The van der Waals surface area contributed by atoms with Crippen molar-refractivity contribution in [3.05, 3.63) is 33.5 Å². The summed E-state index contributed by atoms with van der Waals surface area (Å²) in [7, 11) is 0. The minimum atomic E-state index is -0.391. The summed E-state index contributed by atoms with van der Waals surface area (Å²) in [6, 6.07) is 2.96. The van der Waals surface area contributed by atoms with Crippen LogP contribution in [0.3, 0.4) is 0 Å². The molecule has 0 fully saturated rings. The van der Waals surface area contributed by atoms with Crippen LogP contribution in [-0.4, -0.2) is 12.4 Å². The normalized spacial score (nSPS) is 15.7. The zero-order valence-electron chi connectivity index (χ0n) is 6.64. The lowest BCUT2D eigenvalue weighted by atomic mass is 10.0. The quantitative estimate of drug-likeness (QED) is 0.701. The minimum Gasteiger partial charge on any atom is -0.368 e. The maximum absolute atomic E-state index is 13.2. The van der Waals surface area contributed by atoms with Crippen molar-refractivity contribution in [2.45, 2.75) is 6.61 Å². The van der Waals surface area contributed by atoms with E-state index in [0.29, 0.717) is 15.6 Å². The van der Waals surface area contributed by atoms with Crippen molar-refractivity contribution in [1.82, 2.24) is 0 Å². The molecule has 68 valence electrons. The molecule has 0 aliphatic carbocycles. The Kier molecular flexibility index (Phi) is 2.17. The smallest absolute Gasteiger partial charge is 0.188 e. The van der Waals surface area contributed by atoms with E-state index < -0.39 is 5.82 Å². The largest absolute Gasteiger partial charge is 0.368 e. The Labute approximate surface area is 82.8 Å². The Balaban J connectivity index is 2.63. The molecular weight excluding hydrogens is 239 g/mol. The minimum absolute atomic E-state index is 0.0445. The molecule has 1 aromatic rings. The number of benzene rings is 1. The maximum atomic E-state index is 13.2. The molecule has 0 saturated heterocycles. The van der Waals surface area contributed by atoms with Crippen molar-refractivity contribution < 1.29 is 13.9 Å². The SMILES string of the molecule is O=C1COCc2c(F)cc(Br)cc21. The number of hydrogen-bond acceptors (Lipinski definition) is 2. The van der Waals surface area contributed by atoms with Crippen molar-refractivity contribution >= 4 is 21.7 Å². The predicted molar refractivity (Wildman–Crippen MR) is 48.1 cm³/mol. The van der Waals surface area contributed by atoms with E-state index in [0.717, 1.165) is 0 Å². The van der Waals surface area contributed by atoms with E-state index in [2.05, 4.69) is 15.9 Å². The standard InChI is InChI=1S/C9H6BrFO2/c10-5-1-6-7(8(11)2-5)3-13-4-9(6)12/h1-2H,3-4H2. The summed E-state index contributed by atoms with van der Waals surface area (Å²) in [5, 5.41) is 0. The third-order valence-electron chi connectivity index (χ3n) is 1.94. The van der Waals surface area contributed by atoms with Gasteiger partial charge in [0.1, 0.15) is 12.4 Å². The van der Waals surface area contributed by atoms with Gasteiger partial charge in [-0.15, -0.1) is 0 Å². The first-order chi connectivity index (χ1) is 6.18. The van der Waals surface area contributed by atoms with E-state index in [-0.39, 0.29) is 19.0 Å². The first kappa shape index (κ1) is 8.84. The number of fused-ring (bicyclic) bond motifs is 1. The number of carbonyl (C=O) groups is 1. The summed E-state index contributed by atoms with van der Waals surface area (Å²) >= 11 is 3.14. The van der Waals surface area contributed by atoms with Crippen LogP contribution in [0.4, 0.5) is 4.39 Å². The molecule has 2 nitrogen and oxygen atoms in total. The summed E-state index contributed by atoms with van der Waals surface area (Å²) in [5.41, 5.74) is 0.789. The molecule has 0 amide bonds. The van der Waals surface area contributed by atoms with Gasteiger partial charge in [0.2, 0.25) is 0 Å². The van der Waals surface area contributed by atoms with E-state index in [1.54, 1.807) is 6.07 Å². The summed E-state index contributed by atoms with van der Waals surface area (Å²) in [6.45, 7) is 0.225. The highest BCUT2D eigenvalue weighted by atomic mass is 79.9. The number of halogens is 2. The Morgan fingerprint density at radius 1 is 1.38 bits per heavy atom. The lowest BCUT2D eigenvalue weighted by molar-refractivity contribution is 0.0656. The zero-order valence-corrected chi connectivity index (χ0v) is 8.23. The van der Waals surface area contributed by atoms with Crippen LogP contribution in [0.25, 0.3) is 0 Å². The van der Waals surface area contributed by atoms with Gasteiger partial charge in [0.05, 0.1) is 6.61 Å². The van der Waals surface area contributed by atoms with Gasteiger partial charge in [-0.05, 0) is 12.1 Å². The van der Waals surface area contributed by atoms with Crippen LogP contribution in [0.1, 0.15) is 15.9 Å². The third kappa shape index (κ3) is 1.51. The van der Waals surface area contributed by atoms with Crippen molar-refractivity contribution in [3.8, 4) is 0 Å². The van der Waals surface area contributed by atoms with Gasteiger partial charge in [-0.1, -0.05) is 15.9 Å². The fraction of sp³-hybridized carbons (Fsp3) is 0.222. The van der Waals surface area contributed by atoms with Gasteiger partial charge in [-0.3, -0.25) is 4.79 Å². The lowest BCUT2D eigenvalue weighted by Gasteiger charge is -2.15. The van der Waals surface area contributed by atoms with E-state index in [4.69, 9.17) is 4.74 Å². The molecule has 1 heterocycles. The van der Waals surface area contributed by atoms with Crippen molar-refractivity contribution in [2.24, 2.45) is 0 Å². The molecule has 0 saturated carbocycles. The number of ketones is 1. The second-order valence-electron chi connectivity index (χ2n) is 2.83. The zero-order chi connectivity index (χ0) is 9.42. The van der Waals surface area contributed by atoms with Crippen LogP contribution in [0, 0.1) is 5.82 Å². The first-order valence-corrected chi connectivity index (χ1v) is 4.56. The number of rotatable bonds is 0. The molecule has 0 spiro atoms. The highest BCUT2D eigenvalue weighted by molar-refractivity contribution is 9.10. The number of ether oxygens (including phenoxy) is 1. The average Bonchev–Trinajstić information content (AvgIpc) is 2.07. The Morgan fingerprint density at radius 3 is 2.92 bits per heavy atom. The molecule has 0 bridgehead atoms. The van der Waals surface area contributed by atoms with Gasteiger partial charge in [-0.25, -0.2) is 4.39 Å². The van der Waals surface area contributed by atoms with E-state index in [9.17, 15) is 9.18 Å². The molecule has 1 aliphatic heterocycles. The summed E-state index contributed by atoms with van der Waals surface area (Å²) in [4.78, 5) is 11.3. The van der Waals surface area contributed by atoms with E-state index in [1.165, 1.54) is 6.07 Å². The molecule has 1 aliphatic rings. The molecule has 1 aromatic carbocycles.